The third-order valence-corrected chi connectivity index (χ3v) is 5.74. The van der Waals surface area contributed by atoms with Crippen LogP contribution in [0, 0.1) is 11.8 Å². The van der Waals surface area contributed by atoms with Gasteiger partial charge in [0, 0.05) is 25.7 Å². The fourth-order valence-corrected chi connectivity index (χ4v) is 4.55. The molecule has 4 rings (SSSR count). The Bertz CT molecular complexity index is 643. The molecule has 3 aliphatic rings. The number of hydrogen-bond donors (Lipinski definition) is 0. The van der Waals surface area contributed by atoms with Crippen LogP contribution >= 0.6 is 0 Å². The van der Waals surface area contributed by atoms with Gasteiger partial charge in [-0.05, 0) is 57.3 Å². The molecule has 1 amide bonds. The first-order chi connectivity index (χ1) is 10.6. The Morgan fingerprint density at radius 2 is 2.00 bits per heavy atom. The molecular weight excluding hydrogens is 274 g/mol. The molecule has 0 saturated carbocycles. The van der Waals surface area contributed by atoms with Gasteiger partial charge in [-0.15, -0.1) is 0 Å². The monoisotopic (exact) mass is 299 g/mol. The molecule has 0 radical (unpaired) electrons. The smallest absolute Gasteiger partial charge is 0.272 e. The Kier molecular flexibility index (Phi) is 3.35. The molecule has 2 heterocycles. The number of rotatable bonds is 1. The average Bonchev–Trinajstić information content (AvgIpc) is 3.06. The van der Waals surface area contributed by atoms with Crippen LogP contribution in [0.1, 0.15) is 54.4 Å². The van der Waals surface area contributed by atoms with E-state index in [0.29, 0.717) is 11.8 Å². The lowest BCUT2D eigenvalue weighted by Gasteiger charge is -2.21. The van der Waals surface area contributed by atoms with Crippen molar-refractivity contribution in [2.24, 2.45) is 18.9 Å². The van der Waals surface area contributed by atoms with Gasteiger partial charge in [0.05, 0.1) is 5.69 Å². The van der Waals surface area contributed by atoms with Crippen LogP contribution in [0.4, 0.5) is 0 Å². The summed E-state index contributed by atoms with van der Waals surface area (Å²) in [6.07, 6.45) is 9.11. The molecule has 118 valence electrons. The van der Waals surface area contributed by atoms with Gasteiger partial charge < -0.3 is 4.90 Å². The molecule has 1 saturated heterocycles. The van der Waals surface area contributed by atoms with Crippen LogP contribution in [0.25, 0.3) is 0 Å². The molecule has 0 aromatic carbocycles. The van der Waals surface area contributed by atoms with Crippen molar-refractivity contribution in [1.29, 1.82) is 0 Å². The summed E-state index contributed by atoms with van der Waals surface area (Å²) in [5.41, 5.74) is 4.74. The van der Waals surface area contributed by atoms with E-state index in [4.69, 9.17) is 0 Å². The Balaban J connectivity index is 1.57. The van der Waals surface area contributed by atoms with Crippen molar-refractivity contribution in [3.8, 4) is 0 Å². The summed E-state index contributed by atoms with van der Waals surface area (Å²) in [5.74, 6) is 1.54. The molecule has 4 heteroatoms. The van der Waals surface area contributed by atoms with Crippen LogP contribution in [0.3, 0.4) is 0 Å². The minimum Gasteiger partial charge on any atom is -0.337 e. The van der Waals surface area contributed by atoms with Gasteiger partial charge in [-0.25, -0.2) is 0 Å². The second-order valence-corrected chi connectivity index (χ2v) is 7.33. The van der Waals surface area contributed by atoms with E-state index in [2.05, 4.69) is 23.0 Å². The molecule has 1 fully saturated rings. The zero-order valence-corrected chi connectivity index (χ0v) is 13.6. The van der Waals surface area contributed by atoms with Crippen LogP contribution in [0.2, 0.25) is 0 Å². The fourth-order valence-electron chi connectivity index (χ4n) is 4.55. The number of amides is 1. The molecular formula is C18H25N3O. The Hall–Kier alpha value is -1.58. The minimum absolute atomic E-state index is 0.213. The van der Waals surface area contributed by atoms with Crippen molar-refractivity contribution in [3.63, 3.8) is 0 Å². The third-order valence-electron chi connectivity index (χ3n) is 5.74. The van der Waals surface area contributed by atoms with E-state index in [1.165, 1.54) is 24.0 Å². The lowest BCUT2D eigenvalue weighted by molar-refractivity contribution is 0.0772. The first-order valence-electron chi connectivity index (χ1n) is 8.63. The van der Waals surface area contributed by atoms with E-state index in [0.717, 1.165) is 50.2 Å². The summed E-state index contributed by atoms with van der Waals surface area (Å²) >= 11 is 0. The molecule has 0 bridgehead atoms. The molecule has 0 unspecified atom stereocenters. The average molecular weight is 299 g/mol. The lowest BCUT2D eigenvalue weighted by atomic mass is 9.83. The molecule has 0 spiro atoms. The van der Waals surface area contributed by atoms with Gasteiger partial charge in [-0.3, -0.25) is 9.48 Å². The largest absolute Gasteiger partial charge is 0.337 e. The first kappa shape index (κ1) is 14.0. The summed E-state index contributed by atoms with van der Waals surface area (Å²) in [7, 11) is 1.93. The predicted molar refractivity (Wildman–Crippen MR) is 85.7 cm³/mol. The molecule has 4 nitrogen and oxygen atoms in total. The quantitative estimate of drug-likeness (QED) is 0.748. The molecule has 2 aliphatic carbocycles. The Morgan fingerprint density at radius 1 is 1.23 bits per heavy atom. The van der Waals surface area contributed by atoms with Crippen molar-refractivity contribution in [2.45, 2.75) is 45.4 Å². The van der Waals surface area contributed by atoms with Gasteiger partial charge in [-0.2, -0.15) is 5.10 Å². The van der Waals surface area contributed by atoms with E-state index in [1.54, 1.807) is 0 Å². The maximum atomic E-state index is 13.1. The van der Waals surface area contributed by atoms with Crippen molar-refractivity contribution >= 4 is 5.91 Å². The summed E-state index contributed by atoms with van der Waals surface area (Å²) in [6, 6.07) is 0. The van der Waals surface area contributed by atoms with Crippen LogP contribution in [0.15, 0.2) is 11.6 Å². The SMILES string of the molecule is CC1=CC[C@@H]2CN(C(=O)c3c4c(nn3C)CCCC4)C[C@@H]2C1. The highest BCUT2D eigenvalue weighted by molar-refractivity contribution is 5.94. The van der Waals surface area contributed by atoms with Gasteiger partial charge in [-0.1, -0.05) is 11.6 Å². The highest BCUT2D eigenvalue weighted by Gasteiger charge is 2.38. The zero-order chi connectivity index (χ0) is 15.3. The van der Waals surface area contributed by atoms with E-state index in [-0.39, 0.29) is 5.91 Å². The second kappa shape index (κ2) is 5.25. The molecule has 1 aliphatic heterocycles. The number of aryl methyl sites for hydroxylation is 2. The predicted octanol–water partition coefficient (Wildman–Crippen LogP) is 2.73. The van der Waals surface area contributed by atoms with Crippen molar-refractivity contribution in [1.82, 2.24) is 14.7 Å². The number of nitrogens with zero attached hydrogens (tertiary/aromatic N) is 3. The van der Waals surface area contributed by atoms with Gasteiger partial charge in [0.15, 0.2) is 0 Å². The maximum Gasteiger partial charge on any atom is 0.272 e. The molecule has 0 N–H and O–H groups in total. The Labute approximate surface area is 132 Å². The van der Waals surface area contributed by atoms with E-state index < -0.39 is 0 Å². The summed E-state index contributed by atoms with van der Waals surface area (Å²) in [6.45, 7) is 4.07. The van der Waals surface area contributed by atoms with Crippen LogP contribution in [-0.4, -0.2) is 33.7 Å². The fraction of sp³-hybridized carbons (Fsp3) is 0.667. The highest BCUT2D eigenvalue weighted by atomic mass is 16.2. The number of likely N-dealkylation sites (tertiary alicyclic amines) is 1. The van der Waals surface area contributed by atoms with Gasteiger partial charge in [0.25, 0.3) is 5.91 Å². The van der Waals surface area contributed by atoms with Crippen LogP contribution in [0.5, 0.6) is 0 Å². The van der Waals surface area contributed by atoms with Gasteiger partial charge in [0.2, 0.25) is 0 Å². The second-order valence-electron chi connectivity index (χ2n) is 7.33. The first-order valence-corrected chi connectivity index (χ1v) is 8.63. The minimum atomic E-state index is 0.213. The molecule has 22 heavy (non-hydrogen) atoms. The third kappa shape index (κ3) is 2.20. The van der Waals surface area contributed by atoms with Gasteiger partial charge >= 0.3 is 0 Å². The summed E-state index contributed by atoms with van der Waals surface area (Å²) in [5, 5.41) is 4.61. The van der Waals surface area contributed by atoms with Crippen molar-refractivity contribution < 1.29 is 4.79 Å². The number of allylic oxidation sites excluding steroid dienone is 2. The van der Waals surface area contributed by atoms with E-state index >= 15 is 0 Å². The van der Waals surface area contributed by atoms with Gasteiger partial charge in [0.1, 0.15) is 5.69 Å². The molecule has 1 aromatic rings. The number of fused-ring (bicyclic) bond motifs is 2. The number of hydrogen-bond acceptors (Lipinski definition) is 2. The summed E-state index contributed by atoms with van der Waals surface area (Å²) in [4.78, 5) is 15.2. The number of carbonyl (C=O) groups excluding carboxylic acids is 1. The van der Waals surface area contributed by atoms with E-state index in [9.17, 15) is 4.79 Å². The number of aromatic nitrogens is 2. The summed E-state index contributed by atoms with van der Waals surface area (Å²) < 4.78 is 1.84. The molecule has 1 aromatic heterocycles. The van der Waals surface area contributed by atoms with Crippen LogP contribution in [-0.2, 0) is 19.9 Å². The number of carbonyl (C=O) groups is 1. The zero-order valence-electron chi connectivity index (χ0n) is 13.6. The van der Waals surface area contributed by atoms with Crippen molar-refractivity contribution in [2.75, 3.05) is 13.1 Å². The normalized spacial score (nSPS) is 27.4. The Morgan fingerprint density at radius 3 is 2.86 bits per heavy atom. The van der Waals surface area contributed by atoms with Crippen molar-refractivity contribution in [3.05, 3.63) is 28.6 Å². The lowest BCUT2D eigenvalue weighted by Crippen LogP contribution is -2.31. The molecule has 2 atom stereocenters. The highest BCUT2D eigenvalue weighted by Crippen LogP contribution is 2.36. The van der Waals surface area contributed by atoms with E-state index in [1.807, 2.05) is 11.7 Å². The topological polar surface area (TPSA) is 38.1 Å². The standard InChI is InChI=1S/C18H25N3O/c1-12-7-8-13-10-21(11-14(13)9-12)18(22)17-15-5-3-4-6-16(15)19-20(17)2/h7,13-14H,3-6,8-11H2,1-2H3/t13-,14+/m1/s1. The maximum absolute atomic E-state index is 13.1. The van der Waals surface area contributed by atoms with Crippen LogP contribution < -0.4 is 0 Å².